The Balaban J connectivity index is 2.29. The first kappa shape index (κ1) is 9.36. The van der Waals surface area contributed by atoms with Crippen LogP contribution in [0.3, 0.4) is 0 Å². The lowest BCUT2D eigenvalue weighted by molar-refractivity contribution is 0.491. The Morgan fingerprint density at radius 1 is 1.50 bits per heavy atom. The van der Waals surface area contributed by atoms with Crippen molar-refractivity contribution in [2.24, 2.45) is 0 Å². The molecule has 0 saturated carbocycles. The van der Waals surface area contributed by atoms with E-state index in [2.05, 4.69) is 15.5 Å². The van der Waals surface area contributed by atoms with Crippen molar-refractivity contribution >= 4 is 11.3 Å². The molecule has 0 bridgehead atoms. The summed E-state index contributed by atoms with van der Waals surface area (Å²) in [6.45, 7) is 2.64. The normalized spacial score (nSPS) is 10.7. The number of nitrogens with one attached hydrogen (secondary N) is 1. The van der Waals surface area contributed by atoms with E-state index in [-0.39, 0.29) is 0 Å². The molecule has 0 fully saturated rings. The molecule has 0 saturated heterocycles. The molecular formula is C9H11N3OS. The highest BCUT2D eigenvalue weighted by Gasteiger charge is 2.11. The van der Waals surface area contributed by atoms with Crippen molar-refractivity contribution in [1.82, 2.24) is 15.5 Å². The minimum atomic E-state index is 0.609. The van der Waals surface area contributed by atoms with Crippen molar-refractivity contribution in [3.8, 4) is 10.8 Å². The van der Waals surface area contributed by atoms with Crippen molar-refractivity contribution in [3.05, 3.63) is 22.9 Å². The van der Waals surface area contributed by atoms with Crippen LogP contribution < -0.4 is 5.32 Å². The number of nitrogens with zero attached hydrogens (tertiary/aromatic N) is 2. The molecule has 4 nitrogen and oxygen atoms in total. The van der Waals surface area contributed by atoms with Crippen molar-refractivity contribution in [2.45, 2.75) is 13.5 Å². The summed E-state index contributed by atoms with van der Waals surface area (Å²) in [5, 5.41) is 12.9. The lowest BCUT2D eigenvalue weighted by atomic mass is 10.3. The van der Waals surface area contributed by atoms with Crippen LogP contribution in [0.15, 0.2) is 15.9 Å². The van der Waals surface area contributed by atoms with Gasteiger partial charge in [0.1, 0.15) is 0 Å². The van der Waals surface area contributed by atoms with Gasteiger partial charge in [-0.05, 0) is 31.0 Å². The molecule has 2 rings (SSSR count). The van der Waals surface area contributed by atoms with E-state index in [1.165, 1.54) is 5.56 Å². The Morgan fingerprint density at radius 3 is 3.00 bits per heavy atom. The van der Waals surface area contributed by atoms with Gasteiger partial charge in [-0.1, -0.05) is 0 Å². The van der Waals surface area contributed by atoms with Gasteiger partial charge in [0.2, 0.25) is 5.89 Å². The molecule has 1 N–H and O–H groups in total. The number of rotatable bonds is 3. The monoisotopic (exact) mass is 209 g/mol. The quantitative estimate of drug-likeness (QED) is 0.837. The van der Waals surface area contributed by atoms with E-state index in [9.17, 15) is 0 Å². The number of hydrogen-bond donors (Lipinski definition) is 1. The molecule has 0 spiro atoms. The van der Waals surface area contributed by atoms with E-state index in [1.807, 2.05) is 25.4 Å². The summed E-state index contributed by atoms with van der Waals surface area (Å²) in [7, 11) is 1.85. The van der Waals surface area contributed by atoms with Gasteiger partial charge in [-0.3, -0.25) is 0 Å². The van der Waals surface area contributed by atoms with Crippen molar-refractivity contribution < 1.29 is 4.42 Å². The van der Waals surface area contributed by atoms with Crippen LogP contribution in [0.4, 0.5) is 0 Å². The summed E-state index contributed by atoms with van der Waals surface area (Å²) in [4.78, 5) is 1.06. The van der Waals surface area contributed by atoms with Crippen molar-refractivity contribution in [1.29, 1.82) is 0 Å². The minimum Gasteiger partial charge on any atom is -0.419 e. The van der Waals surface area contributed by atoms with Crippen LogP contribution >= 0.6 is 11.3 Å². The van der Waals surface area contributed by atoms with Gasteiger partial charge in [-0.25, -0.2) is 0 Å². The first-order chi connectivity index (χ1) is 6.81. The molecule has 0 atom stereocenters. The molecule has 0 aliphatic rings. The maximum atomic E-state index is 5.47. The van der Waals surface area contributed by atoms with Gasteiger partial charge in [0.05, 0.1) is 11.4 Å². The Kier molecular flexibility index (Phi) is 2.60. The van der Waals surface area contributed by atoms with Crippen molar-refractivity contribution in [2.75, 3.05) is 7.05 Å². The highest BCUT2D eigenvalue weighted by molar-refractivity contribution is 7.13. The highest BCUT2D eigenvalue weighted by Crippen LogP contribution is 2.27. The smallest absolute Gasteiger partial charge is 0.258 e. The molecule has 0 aromatic carbocycles. The Hall–Kier alpha value is -1.20. The third kappa shape index (κ3) is 1.69. The molecule has 2 aromatic heterocycles. The van der Waals surface area contributed by atoms with E-state index in [4.69, 9.17) is 4.42 Å². The van der Waals surface area contributed by atoms with Crippen LogP contribution in [0, 0.1) is 6.92 Å². The van der Waals surface area contributed by atoms with Gasteiger partial charge < -0.3 is 9.73 Å². The van der Waals surface area contributed by atoms with Gasteiger partial charge in [0.15, 0.2) is 0 Å². The first-order valence-electron chi connectivity index (χ1n) is 4.32. The standard InChI is InChI=1S/C9H11N3OS/c1-6-3-4-14-8(6)9-12-11-7(13-9)5-10-2/h3-4,10H,5H2,1-2H3. The summed E-state index contributed by atoms with van der Waals surface area (Å²) in [5.74, 6) is 1.23. The summed E-state index contributed by atoms with van der Waals surface area (Å²) in [5.41, 5.74) is 1.18. The van der Waals surface area contributed by atoms with Crippen LogP contribution in [0.2, 0.25) is 0 Å². The van der Waals surface area contributed by atoms with E-state index >= 15 is 0 Å². The van der Waals surface area contributed by atoms with E-state index in [1.54, 1.807) is 11.3 Å². The lowest BCUT2D eigenvalue weighted by Crippen LogP contribution is -2.04. The SMILES string of the molecule is CNCc1nnc(-c2sccc2C)o1. The fraction of sp³-hybridized carbons (Fsp3) is 0.333. The van der Waals surface area contributed by atoms with Gasteiger partial charge >= 0.3 is 0 Å². The summed E-state index contributed by atoms with van der Waals surface area (Å²) >= 11 is 1.62. The molecule has 0 aliphatic carbocycles. The van der Waals surface area contributed by atoms with Gasteiger partial charge in [0, 0.05) is 0 Å². The molecule has 0 aliphatic heterocycles. The number of aryl methyl sites for hydroxylation is 1. The molecule has 74 valence electrons. The zero-order valence-electron chi connectivity index (χ0n) is 8.07. The third-order valence-corrected chi connectivity index (χ3v) is 2.86. The minimum absolute atomic E-state index is 0.609. The number of hydrogen-bond acceptors (Lipinski definition) is 5. The van der Waals surface area contributed by atoms with Crippen LogP contribution in [-0.2, 0) is 6.54 Å². The van der Waals surface area contributed by atoms with Crippen LogP contribution in [-0.4, -0.2) is 17.2 Å². The fourth-order valence-electron chi connectivity index (χ4n) is 1.16. The number of thiophene rings is 1. The van der Waals surface area contributed by atoms with E-state index < -0.39 is 0 Å². The van der Waals surface area contributed by atoms with Crippen LogP contribution in [0.1, 0.15) is 11.5 Å². The summed E-state index contributed by atoms with van der Waals surface area (Å²) in [6, 6.07) is 2.04. The maximum absolute atomic E-state index is 5.47. The molecule has 5 heteroatoms. The van der Waals surface area contributed by atoms with Gasteiger partial charge in [0.25, 0.3) is 5.89 Å². The largest absolute Gasteiger partial charge is 0.419 e. The average Bonchev–Trinajstić information content (AvgIpc) is 2.74. The second-order valence-corrected chi connectivity index (χ2v) is 3.88. The topological polar surface area (TPSA) is 51.0 Å². The summed E-state index contributed by atoms with van der Waals surface area (Å²) in [6.07, 6.45) is 0. The summed E-state index contributed by atoms with van der Waals surface area (Å²) < 4.78 is 5.47. The number of aromatic nitrogens is 2. The third-order valence-electron chi connectivity index (χ3n) is 1.85. The first-order valence-corrected chi connectivity index (χ1v) is 5.20. The predicted molar refractivity (Wildman–Crippen MR) is 55.1 cm³/mol. The zero-order valence-corrected chi connectivity index (χ0v) is 8.89. The molecule has 0 amide bonds. The second-order valence-electron chi connectivity index (χ2n) is 2.96. The Morgan fingerprint density at radius 2 is 2.36 bits per heavy atom. The molecular weight excluding hydrogens is 198 g/mol. The van der Waals surface area contributed by atoms with Gasteiger partial charge in [-0.15, -0.1) is 21.5 Å². The highest BCUT2D eigenvalue weighted by atomic mass is 32.1. The van der Waals surface area contributed by atoms with E-state index in [0.717, 1.165) is 4.88 Å². The Labute approximate surface area is 86.0 Å². The maximum Gasteiger partial charge on any atom is 0.258 e. The lowest BCUT2D eigenvalue weighted by Gasteiger charge is -1.91. The Bertz CT molecular complexity index is 421. The van der Waals surface area contributed by atoms with Crippen LogP contribution in [0.5, 0.6) is 0 Å². The molecule has 2 aromatic rings. The molecule has 0 unspecified atom stereocenters. The molecule has 0 radical (unpaired) electrons. The van der Waals surface area contributed by atoms with Gasteiger partial charge in [-0.2, -0.15) is 0 Å². The second kappa shape index (κ2) is 3.89. The fourth-order valence-corrected chi connectivity index (χ4v) is 2.01. The average molecular weight is 209 g/mol. The van der Waals surface area contributed by atoms with Crippen LogP contribution in [0.25, 0.3) is 10.8 Å². The zero-order chi connectivity index (χ0) is 9.97. The van der Waals surface area contributed by atoms with E-state index in [0.29, 0.717) is 18.3 Å². The van der Waals surface area contributed by atoms with Crippen molar-refractivity contribution in [3.63, 3.8) is 0 Å². The molecule has 14 heavy (non-hydrogen) atoms. The predicted octanol–water partition coefficient (Wildman–Crippen LogP) is 1.83. The molecule has 2 heterocycles.